The molecule has 0 fully saturated rings. The van der Waals surface area contributed by atoms with E-state index >= 15 is 0 Å². The number of hydrogen-bond acceptors (Lipinski definition) is 0. The number of allylic oxidation sites excluding steroid dienone is 2. The Morgan fingerprint density at radius 3 is 1.71 bits per heavy atom. The van der Waals surface area contributed by atoms with Gasteiger partial charge in [0, 0.05) is 0 Å². The summed E-state index contributed by atoms with van der Waals surface area (Å²) in [6.45, 7) is 4.43. The van der Waals surface area contributed by atoms with E-state index in [0.717, 1.165) is 6.42 Å². The zero-order chi connectivity index (χ0) is 12.1. The summed E-state index contributed by atoms with van der Waals surface area (Å²) in [5.41, 5.74) is 5.45. The molecule has 0 atom stereocenters. The van der Waals surface area contributed by atoms with Crippen LogP contribution >= 0.6 is 0 Å². The zero-order valence-electron chi connectivity index (χ0n) is 10.5. The van der Waals surface area contributed by atoms with Crippen LogP contribution in [-0.4, -0.2) is 0 Å². The average Bonchev–Trinajstić information content (AvgIpc) is 2.42. The lowest BCUT2D eigenvalue weighted by atomic mass is 9.94. The predicted octanol–water partition coefficient (Wildman–Crippen LogP) is 5.03. The molecule has 0 spiro atoms. The molecule has 2 aromatic rings. The van der Waals surface area contributed by atoms with E-state index in [0.29, 0.717) is 0 Å². The molecule has 2 rings (SSSR count). The minimum Gasteiger partial charge on any atom is -0.0622 e. The van der Waals surface area contributed by atoms with Crippen molar-refractivity contribution >= 4 is 11.1 Å². The average molecular weight is 222 g/mol. The Kier molecular flexibility index (Phi) is 3.77. The molecule has 0 heterocycles. The second-order valence-corrected chi connectivity index (χ2v) is 4.19. The normalized spacial score (nSPS) is 12.1. The maximum absolute atomic E-state index is 2.22. The molecule has 0 heteroatoms. The molecule has 86 valence electrons. The maximum Gasteiger partial charge on any atom is -0.0222 e. The summed E-state index contributed by atoms with van der Waals surface area (Å²) >= 11 is 0. The number of rotatable bonds is 3. The van der Waals surface area contributed by atoms with Crippen LogP contribution in [0, 0.1) is 0 Å². The third kappa shape index (κ3) is 2.65. The summed E-state index contributed by atoms with van der Waals surface area (Å²) in [6, 6.07) is 21.2. The number of benzene rings is 2. The quantitative estimate of drug-likeness (QED) is 0.639. The Labute approximate surface area is 104 Å². The molecule has 0 unspecified atom stereocenters. The van der Waals surface area contributed by atoms with Gasteiger partial charge >= 0.3 is 0 Å². The fourth-order valence-corrected chi connectivity index (χ4v) is 2.19. The fraction of sp³-hybridized carbons (Fsp3) is 0.176. The lowest BCUT2D eigenvalue weighted by Gasteiger charge is -2.11. The topological polar surface area (TPSA) is 0 Å². The molecule has 17 heavy (non-hydrogen) atoms. The summed E-state index contributed by atoms with van der Waals surface area (Å²) in [5, 5.41) is 0. The first-order valence-electron chi connectivity index (χ1n) is 6.13. The van der Waals surface area contributed by atoms with E-state index in [1.54, 1.807) is 0 Å². The Bertz CT molecular complexity index is 492. The van der Waals surface area contributed by atoms with E-state index in [2.05, 4.69) is 74.5 Å². The summed E-state index contributed by atoms with van der Waals surface area (Å²) in [5.74, 6) is 0. The van der Waals surface area contributed by atoms with Crippen molar-refractivity contribution in [1.82, 2.24) is 0 Å². The van der Waals surface area contributed by atoms with Crippen molar-refractivity contribution in [2.75, 3.05) is 0 Å². The monoisotopic (exact) mass is 222 g/mol. The van der Waals surface area contributed by atoms with Gasteiger partial charge in [0.05, 0.1) is 0 Å². The first-order chi connectivity index (χ1) is 8.33. The van der Waals surface area contributed by atoms with Crippen LogP contribution < -0.4 is 0 Å². The molecular formula is C17H18. The smallest absolute Gasteiger partial charge is 0.0222 e. The Morgan fingerprint density at radius 1 is 0.765 bits per heavy atom. The summed E-state index contributed by atoms with van der Waals surface area (Å²) < 4.78 is 0. The highest BCUT2D eigenvalue weighted by molar-refractivity contribution is 5.89. The lowest BCUT2D eigenvalue weighted by Crippen LogP contribution is -1.88. The van der Waals surface area contributed by atoms with E-state index in [4.69, 9.17) is 0 Å². The molecule has 0 radical (unpaired) electrons. The minimum atomic E-state index is 1.06. The predicted molar refractivity (Wildman–Crippen MR) is 75.7 cm³/mol. The van der Waals surface area contributed by atoms with Crippen LogP contribution in [-0.2, 0) is 0 Å². The third-order valence-corrected chi connectivity index (χ3v) is 3.14. The van der Waals surface area contributed by atoms with Gasteiger partial charge in [0.1, 0.15) is 0 Å². The van der Waals surface area contributed by atoms with Crippen LogP contribution in [0.4, 0.5) is 0 Å². The van der Waals surface area contributed by atoms with Gasteiger partial charge in [-0.15, -0.1) is 0 Å². The van der Waals surface area contributed by atoms with Gasteiger partial charge in [0.2, 0.25) is 0 Å². The first kappa shape index (κ1) is 11.7. The molecule has 0 saturated heterocycles. The second-order valence-electron chi connectivity index (χ2n) is 4.19. The maximum atomic E-state index is 2.22. The molecule has 0 aliphatic rings. The minimum absolute atomic E-state index is 1.06. The highest BCUT2D eigenvalue weighted by atomic mass is 14.1. The molecule has 0 bridgehead atoms. The number of hydrogen-bond donors (Lipinski definition) is 0. The molecule has 0 saturated carbocycles. The summed E-state index contributed by atoms with van der Waals surface area (Å²) in [7, 11) is 0. The first-order valence-corrected chi connectivity index (χ1v) is 6.13. The molecule has 0 N–H and O–H groups in total. The van der Waals surface area contributed by atoms with Crippen LogP contribution in [0.5, 0.6) is 0 Å². The van der Waals surface area contributed by atoms with Crippen molar-refractivity contribution < 1.29 is 0 Å². The Hall–Kier alpha value is -1.82. The van der Waals surface area contributed by atoms with Gasteiger partial charge in [-0.3, -0.25) is 0 Å². The highest BCUT2D eigenvalue weighted by Gasteiger charge is 2.04. The largest absolute Gasteiger partial charge is 0.0622 e. The molecule has 0 aromatic heterocycles. The Morgan fingerprint density at radius 2 is 1.24 bits per heavy atom. The van der Waals surface area contributed by atoms with E-state index in [9.17, 15) is 0 Å². The van der Waals surface area contributed by atoms with Crippen LogP contribution in [0.1, 0.15) is 31.4 Å². The molecule has 0 aliphatic heterocycles. The van der Waals surface area contributed by atoms with Crippen LogP contribution in [0.15, 0.2) is 60.7 Å². The van der Waals surface area contributed by atoms with Crippen molar-refractivity contribution in [3.05, 3.63) is 71.8 Å². The lowest BCUT2D eigenvalue weighted by molar-refractivity contribution is 1.23. The highest BCUT2D eigenvalue weighted by Crippen LogP contribution is 2.28. The summed E-state index contributed by atoms with van der Waals surface area (Å²) in [6.07, 6.45) is 1.06. The van der Waals surface area contributed by atoms with E-state index < -0.39 is 0 Å². The van der Waals surface area contributed by atoms with Crippen molar-refractivity contribution in [2.24, 2.45) is 0 Å². The molecule has 2 aromatic carbocycles. The molecule has 0 nitrogen and oxygen atoms in total. The van der Waals surface area contributed by atoms with Gasteiger partial charge in [-0.05, 0) is 35.6 Å². The third-order valence-electron chi connectivity index (χ3n) is 3.14. The van der Waals surface area contributed by atoms with Crippen molar-refractivity contribution in [3.63, 3.8) is 0 Å². The van der Waals surface area contributed by atoms with Crippen LogP contribution in [0.25, 0.3) is 11.1 Å². The second kappa shape index (κ2) is 5.49. The van der Waals surface area contributed by atoms with Gasteiger partial charge < -0.3 is 0 Å². The van der Waals surface area contributed by atoms with Crippen LogP contribution in [0.3, 0.4) is 0 Å². The van der Waals surface area contributed by atoms with E-state index in [1.165, 1.54) is 22.3 Å². The molecule has 0 aliphatic carbocycles. The van der Waals surface area contributed by atoms with E-state index in [-0.39, 0.29) is 0 Å². The SMILES string of the molecule is CC/C(=C(\C)c1ccccc1)c1ccccc1. The standard InChI is InChI=1S/C17H18/c1-3-17(16-12-8-5-9-13-16)14(2)15-10-6-4-7-11-15/h4-13H,3H2,1-2H3/b17-14-. The fourth-order valence-electron chi connectivity index (χ4n) is 2.19. The van der Waals surface area contributed by atoms with E-state index in [1.807, 2.05) is 0 Å². The van der Waals surface area contributed by atoms with Crippen LogP contribution in [0.2, 0.25) is 0 Å². The van der Waals surface area contributed by atoms with Gasteiger partial charge in [0.25, 0.3) is 0 Å². The zero-order valence-corrected chi connectivity index (χ0v) is 10.5. The van der Waals surface area contributed by atoms with Gasteiger partial charge in [-0.25, -0.2) is 0 Å². The Balaban J connectivity index is 2.48. The molecular weight excluding hydrogens is 204 g/mol. The van der Waals surface area contributed by atoms with Gasteiger partial charge in [0.15, 0.2) is 0 Å². The van der Waals surface area contributed by atoms with Crippen molar-refractivity contribution in [3.8, 4) is 0 Å². The molecule has 0 amide bonds. The van der Waals surface area contributed by atoms with Crippen molar-refractivity contribution in [1.29, 1.82) is 0 Å². The van der Waals surface area contributed by atoms with Gasteiger partial charge in [-0.2, -0.15) is 0 Å². The summed E-state index contributed by atoms with van der Waals surface area (Å²) in [4.78, 5) is 0. The van der Waals surface area contributed by atoms with Gasteiger partial charge in [-0.1, -0.05) is 67.6 Å². The van der Waals surface area contributed by atoms with Crippen molar-refractivity contribution in [2.45, 2.75) is 20.3 Å².